The molecule has 7 heteroatoms. The van der Waals surface area contributed by atoms with Gasteiger partial charge in [-0.05, 0) is 42.5 Å². The molecule has 23 heavy (non-hydrogen) atoms. The maximum atomic E-state index is 13.7. The molecular weight excluding hydrogens is 342 g/mol. The van der Waals surface area contributed by atoms with E-state index >= 15 is 0 Å². The summed E-state index contributed by atoms with van der Waals surface area (Å²) >= 11 is 5.79. The lowest BCUT2D eigenvalue weighted by Gasteiger charge is -2.04. The Kier molecular flexibility index (Phi) is 4.54. The number of hydrogen-bond donors (Lipinski definition) is 0. The Balaban J connectivity index is 1.82. The zero-order valence-electron chi connectivity index (χ0n) is 11.7. The van der Waals surface area contributed by atoms with E-state index in [1.54, 1.807) is 30.3 Å². The molecule has 0 N–H and O–H groups in total. The highest BCUT2D eigenvalue weighted by Gasteiger charge is 2.13. The van der Waals surface area contributed by atoms with Crippen molar-refractivity contribution in [3.63, 3.8) is 0 Å². The normalized spacial score (nSPS) is 12.3. The molecule has 3 rings (SSSR count). The molecule has 0 radical (unpaired) electrons. The molecule has 1 atom stereocenters. The molecular formula is C16H11ClF2N2OS. The number of hydrogen-bond acceptors (Lipinski definition) is 2. The molecule has 0 fully saturated rings. The molecule has 0 aliphatic heterocycles. The fraction of sp³-hybridized carbons (Fsp3) is 0.0625. The van der Waals surface area contributed by atoms with E-state index in [2.05, 4.69) is 5.10 Å². The van der Waals surface area contributed by atoms with Gasteiger partial charge in [0.05, 0.1) is 22.2 Å². The van der Waals surface area contributed by atoms with Gasteiger partial charge in [0.2, 0.25) is 0 Å². The minimum Gasteiger partial charge on any atom is -0.254 e. The van der Waals surface area contributed by atoms with Crippen molar-refractivity contribution in [3.8, 4) is 5.69 Å². The highest BCUT2D eigenvalue weighted by molar-refractivity contribution is 7.84. The molecule has 0 spiro atoms. The van der Waals surface area contributed by atoms with Gasteiger partial charge in [-0.2, -0.15) is 5.10 Å². The third-order valence-electron chi connectivity index (χ3n) is 3.17. The topological polar surface area (TPSA) is 34.9 Å². The van der Waals surface area contributed by atoms with Gasteiger partial charge in [0.1, 0.15) is 5.69 Å². The minimum atomic E-state index is -1.32. The summed E-state index contributed by atoms with van der Waals surface area (Å²) in [4.78, 5) is 0.612. The summed E-state index contributed by atoms with van der Waals surface area (Å²) in [6.45, 7) is 0. The fourth-order valence-corrected chi connectivity index (χ4v) is 3.23. The van der Waals surface area contributed by atoms with Gasteiger partial charge >= 0.3 is 0 Å². The fourth-order valence-electron chi connectivity index (χ4n) is 2.08. The predicted octanol–water partition coefficient (Wildman–Crippen LogP) is 4.11. The molecule has 3 nitrogen and oxygen atoms in total. The molecule has 118 valence electrons. The summed E-state index contributed by atoms with van der Waals surface area (Å²) in [5.41, 5.74) is 0.219. The number of para-hydroxylation sites is 1. The highest BCUT2D eigenvalue weighted by Crippen LogP contribution is 2.19. The first-order valence-corrected chi connectivity index (χ1v) is 8.37. The summed E-state index contributed by atoms with van der Waals surface area (Å²) < 4.78 is 40.9. The Bertz CT molecular complexity index is 845. The smallest absolute Gasteiger partial charge is 0.151 e. The quantitative estimate of drug-likeness (QED) is 0.708. The maximum absolute atomic E-state index is 13.7. The number of benzene rings is 2. The lowest BCUT2D eigenvalue weighted by atomic mass is 10.3. The first kappa shape index (κ1) is 15.8. The first-order chi connectivity index (χ1) is 11.0. The summed E-state index contributed by atoms with van der Waals surface area (Å²) in [6.07, 6.45) is 1.44. The van der Waals surface area contributed by atoms with Gasteiger partial charge in [0.15, 0.2) is 11.6 Å². The van der Waals surface area contributed by atoms with Gasteiger partial charge in [-0.25, -0.2) is 13.5 Å². The van der Waals surface area contributed by atoms with Crippen LogP contribution >= 0.6 is 11.6 Å². The van der Waals surface area contributed by atoms with Crippen LogP contribution in [-0.2, 0) is 16.6 Å². The first-order valence-electron chi connectivity index (χ1n) is 6.67. The van der Waals surface area contributed by atoms with Crippen LogP contribution in [0.5, 0.6) is 0 Å². The number of halogens is 3. The summed E-state index contributed by atoms with van der Waals surface area (Å²) in [7, 11) is -1.32. The molecule has 0 amide bonds. The molecule has 2 aromatic carbocycles. The molecule has 0 unspecified atom stereocenters. The van der Waals surface area contributed by atoms with Crippen molar-refractivity contribution in [2.75, 3.05) is 0 Å². The van der Waals surface area contributed by atoms with Gasteiger partial charge in [0.25, 0.3) is 0 Å². The van der Waals surface area contributed by atoms with E-state index in [-0.39, 0.29) is 11.4 Å². The highest BCUT2D eigenvalue weighted by atomic mass is 35.5. The Labute approximate surface area is 139 Å². The van der Waals surface area contributed by atoms with E-state index in [9.17, 15) is 13.0 Å². The Morgan fingerprint density at radius 2 is 1.70 bits per heavy atom. The van der Waals surface area contributed by atoms with E-state index in [0.717, 1.165) is 16.8 Å². The molecule has 0 saturated heterocycles. The van der Waals surface area contributed by atoms with Crippen molar-refractivity contribution < 1.29 is 13.0 Å². The van der Waals surface area contributed by atoms with Gasteiger partial charge in [-0.1, -0.05) is 17.7 Å². The molecule has 1 aromatic heterocycles. The van der Waals surface area contributed by atoms with Crippen LogP contribution in [0.15, 0.2) is 59.6 Å². The summed E-state index contributed by atoms with van der Waals surface area (Å²) in [5, 5.41) is 4.66. The Morgan fingerprint density at radius 3 is 2.35 bits per heavy atom. The standard InChI is InChI=1S/C16H11ClF2N2OS/c17-11-4-6-13(7-5-11)23(22)10-12-8-9-21(20-12)16-14(18)2-1-3-15(16)19/h1-9H,10H2/t23-/m1/s1. The maximum Gasteiger partial charge on any atom is 0.151 e. The van der Waals surface area contributed by atoms with Crippen LogP contribution < -0.4 is 0 Å². The van der Waals surface area contributed by atoms with Crippen molar-refractivity contribution >= 4 is 22.4 Å². The molecule has 3 aromatic rings. The number of aromatic nitrogens is 2. The Morgan fingerprint density at radius 1 is 1.04 bits per heavy atom. The van der Waals surface area contributed by atoms with Crippen molar-refractivity contribution in [1.29, 1.82) is 0 Å². The third kappa shape index (κ3) is 3.48. The Hall–Kier alpha value is -2.05. The SMILES string of the molecule is O=[S@](Cc1ccn(-c2c(F)cccc2F)n1)c1ccc(Cl)cc1. The average molecular weight is 353 g/mol. The van der Waals surface area contributed by atoms with Crippen LogP contribution in [0.25, 0.3) is 5.69 Å². The van der Waals surface area contributed by atoms with Crippen LogP contribution in [0, 0.1) is 11.6 Å². The van der Waals surface area contributed by atoms with Crippen molar-refractivity contribution in [2.45, 2.75) is 10.6 Å². The van der Waals surface area contributed by atoms with E-state index in [4.69, 9.17) is 11.6 Å². The molecule has 0 saturated carbocycles. The van der Waals surface area contributed by atoms with E-state index in [1.807, 2.05) is 0 Å². The van der Waals surface area contributed by atoms with E-state index in [1.165, 1.54) is 12.3 Å². The lowest BCUT2D eigenvalue weighted by molar-refractivity contribution is 0.559. The van der Waals surface area contributed by atoms with Gasteiger partial charge in [-0.15, -0.1) is 0 Å². The largest absolute Gasteiger partial charge is 0.254 e. The molecule has 0 bridgehead atoms. The monoisotopic (exact) mass is 352 g/mol. The van der Waals surface area contributed by atoms with Crippen LogP contribution in [-0.4, -0.2) is 14.0 Å². The van der Waals surface area contributed by atoms with Gasteiger partial charge in [-0.3, -0.25) is 4.21 Å². The second-order valence-corrected chi connectivity index (χ2v) is 6.65. The van der Waals surface area contributed by atoms with Crippen molar-refractivity contribution in [3.05, 3.63) is 77.1 Å². The van der Waals surface area contributed by atoms with Crippen molar-refractivity contribution in [1.82, 2.24) is 9.78 Å². The van der Waals surface area contributed by atoms with Crippen LogP contribution in [0.1, 0.15) is 5.69 Å². The zero-order chi connectivity index (χ0) is 16.4. The van der Waals surface area contributed by atoms with Crippen LogP contribution in [0.4, 0.5) is 8.78 Å². The molecule has 0 aliphatic carbocycles. The third-order valence-corrected chi connectivity index (χ3v) is 4.77. The summed E-state index contributed by atoms with van der Waals surface area (Å²) in [5.74, 6) is -1.28. The molecule has 1 heterocycles. The van der Waals surface area contributed by atoms with Gasteiger partial charge in [0, 0.05) is 16.1 Å². The number of rotatable bonds is 4. The second-order valence-electron chi connectivity index (χ2n) is 4.77. The van der Waals surface area contributed by atoms with Gasteiger partial charge < -0.3 is 0 Å². The van der Waals surface area contributed by atoms with Crippen molar-refractivity contribution in [2.24, 2.45) is 0 Å². The zero-order valence-corrected chi connectivity index (χ0v) is 13.3. The number of nitrogens with zero attached hydrogens (tertiary/aromatic N) is 2. The lowest BCUT2D eigenvalue weighted by Crippen LogP contribution is -2.04. The van der Waals surface area contributed by atoms with E-state index < -0.39 is 22.4 Å². The minimum absolute atomic E-state index is 0.144. The summed E-state index contributed by atoms with van der Waals surface area (Å²) in [6, 6.07) is 11.8. The second kappa shape index (κ2) is 6.60. The van der Waals surface area contributed by atoms with Crippen LogP contribution in [0.2, 0.25) is 5.02 Å². The predicted molar refractivity (Wildman–Crippen MR) is 85.0 cm³/mol. The molecule has 0 aliphatic rings. The van der Waals surface area contributed by atoms with E-state index in [0.29, 0.717) is 15.6 Å². The average Bonchev–Trinajstić information content (AvgIpc) is 2.96. The van der Waals surface area contributed by atoms with Crippen LogP contribution in [0.3, 0.4) is 0 Å².